The molecule has 7 heteroatoms. The number of rotatable bonds is 5. The molecule has 3 N–H and O–H groups in total. The summed E-state index contributed by atoms with van der Waals surface area (Å²) in [5.74, 6) is -1.33. The third kappa shape index (κ3) is 5.56. The first-order valence-electron chi connectivity index (χ1n) is 5.95. The maximum absolute atomic E-state index is 12.9. The number of carboxylic acids is 1. The quantitative estimate of drug-likeness (QED) is 0.764. The first kappa shape index (κ1) is 16.4. The predicted molar refractivity (Wildman–Crippen MR) is 77.2 cm³/mol. The van der Waals surface area contributed by atoms with E-state index >= 15 is 0 Å². The van der Waals surface area contributed by atoms with Gasteiger partial charge in [-0.25, -0.2) is 9.18 Å². The van der Waals surface area contributed by atoms with E-state index in [1.807, 2.05) is 0 Å². The second kappa shape index (κ2) is 6.69. The predicted octanol–water partition coefficient (Wildman–Crippen LogP) is 3.35. The number of halogens is 2. The van der Waals surface area contributed by atoms with Crippen LogP contribution in [0.25, 0.3) is 0 Å². The summed E-state index contributed by atoms with van der Waals surface area (Å²) in [6.07, 6.45) is 0.272. The molecule has 0 radical (unpaired) electrons. The number of urea groups is 1. The first-order valence-corrected chi connectivity index (χ1v) is 6.75. The molecule has 0 atom stereocenters. The number of carbonyl (C=O) groups is 2. The lowest BCUT2D eigenvalue weighted by Gasteiger charge is -2.25. The summed E-state index contributed by atoms with van der Waals surface area (Å²) in [6.45, 7) is 3.46. The topological polar surface area (TPSA) is 78.4 Å². The number of hydrogen-bond acceptors (Lipinski definition) is 2. The molecular formula is C13H16BrFN2O3. The van der Waals surface area contributed by atoms with Crippen molar-refractivity contribution in [2.45, 2.75) is 32.2 Å². The smallest absolute Gasteiger partial charge is 0.319 e. The second-order valence-corrected chi connectivity index (χ2v) is 5.84. The maximum Gasteiger partial charge on any atom is 0.319 e. The largest absolute Gasteiger partial charge is 0.481 e. The minimum absolute atomic E-state index is 0.0342. The minimum Gasteiger partial charge on any atom is -0.481 e. The van der Waals surface area contributed by atoms with Gasteiger partial charge in [-0.3, -0.25) is 4.79 Å². The van der Waals surface area contributed by atoms with E-state index in [0.717, 1.165) is 0 Å². The highest BCUT2D eigenvalue weighted by Gasteiger charge is 2.21. The zero-order chi connectivity index (χ0) is 15.3. The van der Waals surface area contributed by atoms with Gasteiger partial charge in [0.1, 0.15) is 5.82 Å². The Morgan fingerprint density at radius 2 is 2.05 bits per heavy atom. The molecule has 0 bridgehead atoms. The molecule has 2 amide bonds. The van der Waals surface area contributed by atoms with Crippen LogP contribution in [0.3, 0.4) is 0 Å². The molecular weight excluding hydrogens is 331 g/mol. The molecule has 1 rings (SSSR count). The first-order chi connectivity index (χ1) is 9.19. The standard InChI is InChI=1S/C13H16BrFN2O3/c1-13(2,6-5-11(18)19)17-12(20)16-10-4-3-8(15)7-9(10)14/h3-4,7H,5-6H2,1-2H3,(H,18,19)(H2,16,17,20). The van der Waals surface area contributed by atoms with Crippen molar-refractivity contribution in [3.05, 3.63) is 28.5 Å². The van der Waals surface area contributed by atoms with Crippen LogP contribution in [-0.4, -0.2) is 22.6 Å². The van der Waals surface area contributed by atoms with E-state index < -0.39 is 23.4 Å². The normalized spacial score (nSPS) is 11.0. The Bertz CT molecular complexity index is 520. The number of nitrogens with one attached hydrogen (secondary N) is 2. The third-order valence-corrected chi connectivity index (χ3v) is 3.25. The molecule has 1 aromatic rings. The van der Waals surface area contributed by atoms with E-state index in [2.05, 4.69) is 26.6 Å². The van der Waals surface area contributed by atoms with Crippen LogP contribution < -0.4 is 10.6 Å². The number of hydrogen-bond donors (Lipinski definition) is 3. The van der Waals surface area contributed by atoms with E-state index in [9.17, 15) is 14.0 Å². The van der Waals surface area contributed by atoms with E-state index in [0.29, 0.717) is 16.6 Å². The van der Waals surface area contributed by atoms with Gasteiger partial charge in [-0.1, -0.05) is 0 Å². The van der Waals surface area contributed by atoms with Gasteiger partial charge < -0.3 is 15.7 Å². The summed E-state index contributed by atoms with van der Waals surface area (Å²) in [7, 11) is 0. The summed E-state index contributed by atoms with van der Waals surface area (Å²) in [4.78, 5) is 22.4. The van der Waals surface area contributed by atoms with Gasteiger partial charge in [0.15, 0.2) is 0 Å². The van der Waals surface area contributed by atoms with Crippen LogP contribution in [0.4, 0.5) is 14.9 Å². The van der Waals surface area contributed by atoms with Gasteiger partial charge in [-0.2, -0.15) is 0 Å². The fourth-order valence-electron chi connectivity index (χ4n) is 1.53. The van der Waals surface area contributed by atoms with E-state index in [1.54, 1.807) is 13.8 Å². The maximum atomic E-state index is 12.9. The molecule has 1 aromatic carbocycles. The van der Waals surface area contributed by atoms with Crippen LogP contribution in [0.15, 0.2) is 22.7 Å². The molecule has 5 nitrogen and oxygen atoms in total. The lowest BCUT2D eigenvalue weighted by molar-refractivity contribution is -0.137. The van der Waals surface area contributed by atoms with Crippen molar-refractivity contribution in [1.82, 2.24) is 5.32 Å². The zero-order valence-corrected chi connectivity index (χ0v) is 12.8. The second-order valence-electron chi connectivity index (χ2n) is 4.98. The molecule has 110 valence electrons. The van der Waals surface area contributed by atoms with E-state index in [1.165, 1.54) is 18.2 Å². The highest BCUT2D eigenvalue weighted by atomic mass is 79.9. The Hall–Kier alpha value is -1.63. The van der Waals surface area contributed by atoms with Gasteiger partial charge in [-0.15, -0.1) is 0 Å². The molecule has 0 heterocycles. The van der Waals surface area contributed by atoms with Crippen LogP contribution in [0.5, 0.6) is 0 Å². The molecule has 0 aliphatic rings. The Morgan fingerprint density at radius 3 is 2.60 bits per heavy atom. The fraction of sp³-hybridized carbons (Fsp3) is 0.385. The number of carbonyl (C=O) groups excluding carboxylic acids is 1. The molecule has 0 unspecified atom stereocenters. The van der Waals surface area contributed by atoms with E-state index in [-0.39, 0.29) is 6.42 Å². The van der Waals surface area contributed by atoms with Crippen LogP contribution in [0.2, 0.25) is 0 Å². The van der Waals surface area contributed by atoms with Crippen molar-refractivity contribution in [3.8, 4) is 0 Å². The van der Waals surface area contributed by atoms with Crippen LogP contribution in [0.1, 0.15) is 26.7 Å². The van der Waals surface area contributed by atoms with Gasteiger partial charge in [0.2, 0.25) is 0 Å². The molecule has 0 saturated heterocycles. The summed E-state index contributed by atoms with van der Waals surface area (Å²) in [5.41, 5.74) is -0.229. The highest BCUT2D eigenvalue weighted by Crippen LogP contribution is 2.23. The van der Waals surface area contributed by atoms with Gasteiger partial charge in [0.05, 0.1) is 5.69 Å². The number of carboxylic acid groups (broad SMARTS) is 1. The van der Waals surface area contributed by atoms with Crippen LogP contribution in [0, 0.1) is 5.82 Å². The number of amides is 2. The third-order valence-electron chi connectivity index (χ3n) is 2.60. The van der Waals surface area contributed by atoms with Crippen LogP contribution in [-0.2, 0) is 4.79 Å². The SMILES string of the molecule is CC(C)(CCC(=O)O)NC(=O)Nc1ccc(F)cc1Br. The van der Waals surface area contributed by atoms with Crippen molar-refractivity contribution in [3.63, 3.8) is 0 Å². The van der Waals surface area contributed by atoms with Gasteiger partial charge in [0, 0.05) is 16.4 Å². The molecule has 0 aromatic heterocycles. The molecule has 20 heavy (non-hydrogen) atoms. The lowest BCUT2D eigenvalue weighted by atomic mass is 9.99. The van der Waals surface area contributed by atoms with Gasteiger partial charge >= 0.3 is 12.0 Å². The average Bonchev–Trinajstić information content (AvgIpc) is 2.30. The molecule has 0 fully saturated rings. The molecule has 0 aliphatic heterocycles. The Kier molecular flexibility index (Phi) is 5.50. The molecule has 0 spiro atoms. The summed E-state index contributed by atoms with van der Waals surface area (Å²) < 4.78 is 13.3. The van der Waals surface area contributed by atoms with Crippen molar-refractivity contribution in [1.29, 1.82) is 0 Å². The monoisotopic (exact) mass is 346 g/mol. The van der Waals surface area contributed by atoms with Gasteiger partial charge in [-0.05, 0) is 54.4 Å². The Labute approximate surface area is 124 Å². The number of benzene rings is 1. The Morgan fingerprint density at radius 1 is 1.40 bits per heavy atom. The minimum atomic E-state index is -0.915. The highest BCUT2D eigenvalue weighted by molar-refractivity contribution is 9.10. The van der Waals surface area contributed by atoms with Crippen molar-refractivity contribution in [2.24, 2.45) is 0 Å². The lowest BCUT2D eigenvalue weighted by Crippen LogP contribution is -2.45. The van der Waals surface area contributed by atoms with Crippen molar-refractivity contribution in [2.75, 3.05) is 5.32 Å². The molecule has 0 aliphatic carbocycles. The zero-order valence-electron chi connectivity index (χ0n) is 11.2. The van der Waals surface area contributed by atoms with Crippen molar-refractivity contribution < 1.29 is 19.1 Å². The van der Waals surface area contributed by atoms with E-state index in [4.69, 9.17) is 5.11 Å². The summed E-state index contributed by atoms with van der Waals surface area (Å²) >= 11 is 3.14. The number of aliphatic carboxylic acids is 1. The summed E-state index contributed by atoms with van der Waals surface area (Å²) in [5, 5.41) is 13.9. The summed E-state index contributed by atoms with van der Waals surface area (Å²) in [6, 6.07) is 3.43. The van der Waals surface area contributed by atoms with Crippen LogP contribution >= 0.6 is 15.9 Å². The fourth-order valence-corrected chi connectivity index (χ4v) is 1.98. The Balaban J connectivity index is 2.60. The van der Waals surface area contributed by atoms with Gasteiger partial charge in [0.25, 0.3) is 0 Å². The average molecular weight is 347 g/mol. The van der Waals surface area contributed by atoms with Crippen molar-refractivity contribution >= 4 is 33.6 Å². The number of anilines is 1. The molecule has 0 saturated carbocycles.